The molecule has 0 heterocycles. The monoisotopic (exact) mass is 1180 g/mol. The van der Waals surface area contributed by atoms with E-state index in [0.29, 0.717) is 193 Å². The number of hydrogen-bond acceptors (Lipinski definition) is 19. The van der Waals surface area contributed by atoms with Gasteiger partial charge in [0, 0.05) is 44.1 Å². The van der Waals surface area contributed by atoms with Gasteiger partial charge in [-0.05, 0) is 138 Å². The molecule has 0 radical (unpaired) electrons. The third-order valence-electron chi connectivity index (χ3n) is 11.3. The molecule has 0 unspecified atom stereocenters. The summed E-state index contributed by atoms with van der Waals surface area (Å²) in [6, 6.07) is 13.1. The Labute approximate surface area is 501 Å². The maximum Gasteiger partial charge on any atom is 0.336 e. The summed E-state index contributed by atoms with van der Waals surface area (Å²) in [5.41, 5.74) is 8.90. The molecule has 19 nitrogen and oxygen atoms in total. The van der Waals surface area contributed by atoms with Gasteiger partial charge in [-0.15, -0.1) is 0 Å². The van der Waals surface area contributed by atoms with Crippen LogP contribution in [0.25, 0.3) is 12.2 Å². The fraction of sp³-hybridized carbons (Fsp3) is 0.409. The van der Waals surface area contributed by atoms with Gasteiger partial charge in [0.1, 0.15) is 11.5 Å². The molecule has 0 aliphatic heterocycles. The van der Waals surface area contributed by atoms with E-state index in [4.69, 9.17) is 81.4 Å². The first-order valence-corrected chi connectivity index (χ1v) is 28.2. The summed E-state index contributed by atoms with van der Waals surface area (Å²) in [5.74, 6) is 2.70. The second kappa shape index (κ2) is 45.8. The van der Waals surface area contributed by atoms with Crippen molar-refractivity contribution in [3.63, 3.8) is 0 Å². The number of ether oxygens (including phenoxy) is 11. The fourth-order valence-corrected chi connectivity index (χ4v) is 6.81. The Morgan fingerprint density at radius 1 is 0.376 bits per heavy atom. The zero-order chi connectivity index (χ0) is 61.4. The van der Waals surface area contributed by atoms with E-state index < -0.39 is 11.9 Å². The van der Waals surface area contributed by atoms with E-state index in [9.17, 15) is 9.59 Å². The van der Waals surface area contributed by atoms with Crippen LogP contribution in [0.4, 0.5) is 0 Å². The van der Waals surface area contributed by atoms with Crippen LogP contribution in [0, 0.1) is 0 Å². The number of unbranched alkanes of at least 4 members (excludes halogenated alkanes) is 6. The van der Waals surface area contributed by atoms with Gasteiger partial charge in [0.15, 0.2) is 40.3 Å². The van der Waals surface area contributed by atoms with Gasteiger partial charge in [-0.2, -0.15) is 14.7 Å². The van der Waals surface area contributed by atoms with Crippen molar-refractivity contribution < 1.29 is 91.0 Å². The SMILES string of the molecule is C=C=C(C)OOCCCCOc1ccc(/C=C/C(=O)Oc2ccc(OC(=O)/C=C/c3ccc(OCCCCOC=C)c(OCCCCOC=C)c3OCCCCOOC(C)=C=C)cc2)c(OCCCCOC=C)c1OCCCCOOC(C)=C=C. The highest BCUT2D eigenvalue weighted by Gasteiger charge is 2.20. The molecule has 0 aliphatic rings. The summed E-state index contributed by atoms with van der Waals surface area (Å²) in [5, 5.41) is 0. The van der Waals surface area contributed by atoms with Crippen molar-refractivity contribution in [1.82, 2.24) is 0 Å². The highest BCUT2D eigenvalue weighted by molar-refractivity contribution is 5.90. The standard InChI is InChI=1S/C66H84O19/c1-10-52(7)83-78-49-25-22-44-73-60-37-29-55(63(74-45-20-17-41-70-14-5)66(60)77-48-24-27-51-80-85-54(9)12-3)30-38-61(67)81-57-32-34-58(35-33-57)82-62(68)39-31-56-28-36-59(72-43-19-16-40-69-13-4)65(76-47-21-18-42-71-15-6)64(56)75-46-23-26-50-79-84-53(8)11-2/h13-15,28-39H,1-6,16-27,40-51H2,7-9H3/b38-30+,39-31+. The van der Waals surface area contributed by atoms with Crippen molar-refractivity contribution in [3.05, 3.63) is 165 Å². The second-order valence-corrected chi connectivity index (χ2v) is 18.0. The molecule has 0 atom stereocenters. The minimum absolute atomic E-state index is 0.197. The molecule has 0 aliphatic carbocycles. The number of carbonyl (C=O) groups excluding carboxylic acids is 2. The van der Waals surface area contributed by atoms with Gasteiger partial charge in [-0.25, -0.2) is 9.59 Å². The van der Waals surface area contributed by atoms with Crippen molar-refractivity contribution in [3.8, 4) is 46.0 Å². The first-order chi connectivity index (χ1) is 41.6. The van der Waals surface area contributed by atoms with Gasteiger partial charge in [-0.1, -0.05) is 56.7 Å². The molecule has 85 heavy (non-hydrogen) atoms. The Bertz CT molecular complexity index is 2670. The van der Waals surface area contributed by atoms with E-state index >= 15 is 0 Å². The highest BCUT2D eigenvalue weighted by Crippen LogP contribution is 2.43. The third-order valence-corrected chi connectivity index (χ3v) is 11.3. The van der Waals surface area contributed by atoms with Gasteiger partial charge in [-0.3, -0.25) is 0 Å². The molecule has 3 rings (SSSR count). The van der Waals surface area contributed by atoms with E-state index in [1.54, 1.807) is 57.2 Å². The predicted octanol–water partition coefficient (Wildman–Crippen LogP) is 14.3. The van der Waals surface area contributed by atoms with Crippen molar-refractivity contribution in [2.45, 2.75) is 97.8 Å². The summed E-state index contributed by atoms with van der Waals surface area (Å²) >= 11 is 0. The number of hydrogen-bond donors (Lipinski definition) is 0. The second-order valence-electron chi connectivity index (χ2n) is 18.0. The lowest BCUT2D eigenvalue weighted by Gasteiger charge is -2.19. The number of esters is 2. The molecule has 0 N–H and O–H groups in total. The number of allylic oxidation sites excluding steroid dienone is 3. The molecule has 0 amide bonds. The maximum absolute atomic E-state index is 13.4. The minimum atomic E-state index is -0.687. The van der Waals surface area contributed by atoms with Gasteiger partial charge in [0.25, 0.3) is 0 Å². The molecular formula is C66H84O19. The van der Waals surface area contributed by atoms with Crippen molar-refractivity contribution >= 4 is 24.1 Å². The maximum atomic E-state index is 13.4. The van der Waals surface area contributed by atoms with E-state index in [-0.39, 0.29) is 24.7 Å². The lowest BCUT2D eigenvalue weighted by atomic mass is 10.1. The predicted molar refractivity (Wildman–Crippen MR) is 322 cm³/mol. The Hall–Kier alpha value is -8.66. The molecule has 3 aromatic carbocycles. The Kier molecular flexibility index (Phi) is 38.0. The van der Waals surface area contributed by atoms with Crippen molar-refractivity contribution in [1.29, 1.82) is 0 Å². The number of benzene rings is 3. The molecule has 0 aromatic heterocycles. The zero-order valence-corrected chi connectivity index (χ0v) is 49.6. The molecular weight excluding hydrogens is 1100 g/mol. The summed E-state index contributed by atoms with van der Waals surface area (Å²) in [6.07, 6.45) is 17.8. The summed E-state index contributed by atoms with van der Waals surface area (Å²) in [7, 11) is 0. The fourth-order valence-electron chi connectivity index (χ4n) is 6.81. The Morgan fingerprint density at radius 2 is 0.659 bits per heavy atom. The average molecular weight is 1180 g/mol. The summed E-state index contributed by atoms with van der Waals surface area (Å²) in [6.45, 7) is 30.8. The van der Waals surface area contributed by atoms with Crippen LogP contribution in [0.5, 0.6) is 46.0 Å². The van der Waals surface area contributed by atoms with E-state index in [1.807, 2.05) is 0 Å². The smallest absolute Gasteiger partial charge is 0.336 e. The van der Waals surface area contributed by atoms with Crippen molar-refractivity contribution in [2.75, 3.05) is 79.3 Å². The van der Waals surface area contributed by atoms with E-state index in [0.717, 1.165) is 12.8 Å². The van der Waals surface area contributed by atoms with Crippen molar-refractivity contribution in [2.24, 2.45) is 0 Å². The van der Waals surface area contributed by atoms with Crippen LogP contribution in [0.1, 0.15) is 109 Å². The molecule has 0 saturated heterocycles. The van der Waals surface area contributed by atoms with Crippen LogP contribution in [0.3, 0.4) is 0 Å². The highest BCUT2D eigenvalue weighted by atomic mass is 17.2. The average Bonchev–Trinajstić information content (AvgIpc) is 3.30. The van der Waals surface area contributed by atoms with E-state index in [1.165, 1.54) is 55.2 Å². The Balaban J connectivity index is 1.81. The van der Waals surface area contributed by atoms with Gasteiger partial charge in [0.2, 0.25) is 11.5 Å². The van der Waals surface area contributed by atoms with Crippen LogP contribution in [-0.2, 0) is 53.1 Å². The van der Waals surface area contributed by atoms with Crippen LogP contribution < -0.4 is 37.9 Å². The van der Waals surface area contributed by atoms with Crippen LogP contribution in [0.15, 0.2) is 153 Å². The normalized spacial score (nSPS) is 10.5. The first kappa shape index (κ1) is 70.6. The van der Waals surface area contributed by atoms with E-state index in [2.05, 4.69) is 56.7 Å². The lowest BCUT2D eigenvalue weighted by Crippen LogP contribution is -2.09. The van der Waals surface area contributed by atoms with Crippen LogP contribution >= 0.6 is 0 Å². The Morgan fingerprint density at radius 3 is 0.965 bits per heavy atom. The van der Waals surface area contributed by atoms with Gasteiger partial charge in [0.05, 0.1) is 98.1 Å². The lowest BCUT2D eigenvalue weighted by molar-refractivity contribution is -0.261. The number of carbonyl (C=O) groups is 2. The molecule has 3 aromatic rings. The van der Waals surface area contributed by atoms with Crippen LogP contribution in [-0.4, -0.2) is 91.2 Å². The topological polar surface area (TPSA) is 191 Å². The van der Waals surface area contributed by atoms with Gasteiger partial charge >= 0.3 is 11.9 Å². The third kappa shape index (κ3) is 31.5. The first-order valence-electron chi connectivity index (χ1n) is 28.2. The summed E-state index contributed by atoms with van der Waals surface area (Å²) < 4.78 is 65.0. The molecule has 0 bridgehead atoms. The van der Waals surface area contributed by atoms with Crippen LogP contribution in [0.2, 0.25) is 0 Å². The molecule has 462 valence electrons. The minimum Gasteiger partial charge on any atom is -0.502 e. The molecule has 19 heteroatoms. The number of rotatable bonds is 51. The summed E-state index contributed by atoms with van der Waals surface area (Å²) in [4.78, 5) is 57.7. The van der Waals surface area contributed by atoms with Gasteiger partial charge < -0.3 is 66.8 Å². The molecule has 0 fully saturated rings. The quantitative estimate of drug-likeness (QED) is 0.00757. The molecule has 0 saturated carbocycles. The zero-order valence-electron chi connectivity index (χ0n) is 49.6. The molecule has 0 spiro atoms. The largest absolute Gasteiger partial charge is 0.502 e.